The number of hydrogen-bond donors (Lipinski definition) is 1. The number of nitrogens with zero attached hydrogens (tertiary/aromatic N) is 1. The number of alkyl halides is 12. The lowest BCUT2D eigenvalue weighted by Gasteiger charge is -2.38. The summed E-state index contributed by atoms with van der Waals surface area (Å²) in [6.45, 7) is 1.23. The van der Waals surface area contributed by atoms with Crippen molar-refractivity contribution in [2.75, 3.05) is 5.32 Å². The second-order valence-electron chi connectivity index (χ2n) is 5.34. The molecule has 3 nitrogen and oxygen atoms in total. The maximum absolute atomic E-state index is 13.6. The minimum absolute atomic E-state index is 0.0151. The predicted octanol–water partition coefficient (Wildman–Crippen LogP) is 4.77. The first kappa shape index (κ1) is 23.8. The third-order valence-corrected chi connectivity index (χ3v) is 3.29. The van der Waals surface area contributed by atoms with E-state index in [9.17, 15) is 57.5 Å². The fourth-order valence-electron chi connectivity index (χ4n) is 1.69. The van der Waals surface area contributed by atoms with Crippen LogP contribution in [0.5, 0.6) is 0 Å². The number of carbonyl (C=O) groups excluding carboxylic acids is 1. The largest absolute Gasteiger partial charge is 0.393 e. The van der Waals surface area contributed by atoms with Crippen molar-refractivity contribution in [3.05, 3.63) is 23.9 Å². The first-order valence-corrected chi connectivity index (χ1v) is 6.76. The van der Waals surface area contributed by atoms with Crippen LogP contribution in [0.25, 0.3) is 0 Å². The Hall–Kier alpha value is -2.22. The Morgan fingerprint density at radius 1 is 0.893 bits per heavy atom. The Bertz CT molecular complexity index is 734. The van der Waals surface area contributed by atoms with Crippen molar-refractivity contribution in [1.82, 2.24) is 4.98 Å². The number of aromatic nitrogens is 1. The molecule has 15 heteroatoms. The third-order valence-electron chi connectivity index (χ3n) is 3.29. The van der Waals surface area contributed by atoms with Gasteiger partial charge in [0.15, 0.2) is 0 Å². The molecule has 1 N–H and O–H groups in total. The van der Waals surface area contributed by atoms with Crippen LogP contribution in [0.3, 0.4) is 0 Å². The minimum atomic E-state index is -7.76. The second kappa shape index (κ2) is 6.99. The smallest absolute Gasteiger partial charge is 0.305 e. The first-order valence-electron chi connectivity index (χ1n) is 6.76. The molecule has 1 aromatic rings. The van der Waals surface area contributed by atoms with Crippen molar-refractivity contribution < 1.29 is 57.5 Å². The molecule has 0 aromatic carbocycles. The van der Waals surface area contributed by atoms with Crippen molar-refractivity contribution in [2.24, 2.45) is 0 Å². The SMILES string of the molecule is Cc1cccc(NC(=O)C(F)(F)C(F)(F)C(F)(F)C(F)(F)C(F)(F)C(F)F)n1. The lowest BCUT2D eigenvalue weighted by Crippen LogP contribution is -2.70. The van der Waals surface area contributed by atoms with Crippen LogP contribution in [-0.2, 0) is 4.79 Å². The van der Waals surface area contributed by atoms with E-state index in [2.05, 4.69) is 4.98 Å². The predicted molar refractivity (Wildman–Crippen MR) is 68.3 cm³/mol. The molecule has 0 saturated heterocycles. The van der Waals surface area contributed by atoms with Gasteiger partial charge in [-0.3, -0.25) is 4.79 Å². The second-order valence-corrected chi connectivity index (χ2v) is 5.34. The molecule has 0 aliphatic rings. The van der Waals surface area contributed by atoms with E-state index in [-0.39, 0.29) is 5.69 Å². The highest BCUT2D eigenvalue weighted by atomic mass is 19.4. The minimum Gasteiger partial charge on any atom is -0.305 e. The van der Waals surface area contributed by atoms with E-state index in [0.717, 1.165) is 17.4 Å². The summed E-state index contributed by atoms with van der Waals surface area (Å²) in [5, 5.41) is 0.920. The van der Waals surface area contributed by atoms with Crippen molar-refractivity contribution in [1.29, 1.82) is 0 Å². The van der Waals surface area contributed by atoms with E-state index < -0.39 is 47.8 Å². The standard InChI is InChI=1S/C13H8F12N2O/c1-5-3-2-4-6(26-5)27-8(28)10(18,19)12(22,23)13(24,25)11(20,21)9(16,17)7(14)15/h2-4,7H,1H3,(H,26,27,28). The van der Waals surface area contributed by atoms with Crippen LogP contribution >= 0.6 is 0 Å². The molecule has 1 rings (SSSR count). The van der Waals surface area contributed by atoms with Gasteiger partial charge in [-0.2, -0.15) is 43.9 Å². The Morgan fingerprint density at radius 3 is 1.82 bits per heavy atom. The summed E-state index contributed by atoms with van der Waals surface area (Å²) in [6.07, 6.45) is -5.61. The fraction of sp³-hybridized carbons (Fsp3) is 0.538. The van der Waals surface area contributed by atoms with Gasteiger partial charge >= 0.3 is 41.9 Å². The average molecular weight is 436 g/mol. The van der Waals surface area contributed by atoms with E-state index in [0.29, 0.717) is 0 Å². The van der Waals surface area contributed by atoms with Crippen LogP contribution in [0.2, 0.25) is 0 Å². The first-order chi connectivity index (χ1) is 12.3. The molecule has 0 spiro atoms. The molecule has 1 aromatic heterocycles. The van der Waals surface area contributed by atoms with Gasteiger partial charge in [-0.1, -0.05) is 6.07 Å². The molecule has 0 atom stereocenters. The number of anilines is 1. The van der Waals surface area contributed by atoms with E-state index in [1.807, 2.05) is 0 Å². The van der Waals surface area contributed by atoms with Crippen molar-refractivity contribution in [2.45, 2.75) is 43.0 Å². The lowest BCUT2D eigenvalue weighted by atomic mass is 9.94. The van der Waals surface area contributed by atoms with Crippen LogP contribution in [0, 0.1) is 6.92 Å². The fourth-order valence-corrected chi connectivity index (χ4v) is 1.69. The topological polar surface area (TPSA) is 42.0 Å². The van der Waals surface area contributed by atoms with E-state index in [1.165, 1.54) is 13.0 Å². The molecule has 0 saturated carbocycles. The summed E-state index contributed by atoms with van der Waals surface area (Å²) in [7, 11) is 0. The number of pyridine rings is 1. The highest BCUT2D eigenvalue weighted by Crippen LogP contribution is 2.58. The van der Waals surface area contributed by atoms with Gasteiger partial charge in [-0.15, -0.1) is 0 Å². The number of aryl methyl sites for hydroxylation is 1. The maximum atomic E-state index is 13.6. The third kappa shape index (κ3) is 3.45. The zero-order valence-corrected chi connectivity index (χ0v) is 13.2. The summed E-state index contributed by atoms with van der Waals surface area (Å²) < 4.78 is 156. The number of rotatable bonds is 7. The van der Waals surface area contributed by atoms with Gasteiger partial charge in [0.1, 0.15) is 5.82 Å². The van der Waals surface area contributed by atoms with Gasteiger partial charge in [0.2, 0.25) is 0 Å². The number of halogens is 12. The zero-order chi connectivity index (χ0) is 22.3. The average Bonchev–Trinajstić information content (AvgIpc) is 2.53. The molecule has 1 heterocycles. The summed E-state index contributed by atoms with van der Waals surface area (Å²) in [4.78, 5) is 14.6. The van der Waals surface area contributed by atoms with Crippen molar-refractivity contribution in [3.63, 3.8) is 0 Å². The summed E-state index contributed by atoms with van der Waals surface area (Å²) in [5.74, 6) is -41.0. The molecule has 0 radical (unpaired) electrons. The molecule has 0 aliphatic carbocycles. The molecule has 0 fully saturated rings. The van der Waals surface area contributed by atoms with E-state index >= 15 is 0 Å². The normalized spacial score (nSPS) is 14.4. The number of carbonyl (C=O) groups is 1. The number of nitrogens with one attached hydrogen (secondary N) is 1. The van der Waals surface area contributed by atoms with Gasteiger partial charge < -0.3 is 5.32 Å². The monoisotopic (exact) mass is 436 g/mol. The molecular weight excluding hydrogens is 428 g/mol. The van der Waals surface area contributed by atoms with Crippen LogP contribution in [-0.4, -0.2) is 46.9 Å². The molecule has 0 unspecified atom stereocenters. The molecule has 0 bridgehead atoms. The molecular formula is C13H8F12N2O. The summed E-state index contributed by atoms with van der Waals surface area (Å²) in [5.41, 5.74) is 0.0151. The van der Waals surface area contributed by atoms with Gasteiger partial charge in [0, 0.05) is 5.69 Å². The Balaban J connectivity index is 3.34. The zero-order valence-electron chi connectivity index (χ0n) is 13.2. The Labute approximate surface area is 147 Å². The number of amides is 1. The maximum Gasteiger partial charge on any atom is 0.393 e. The molecule has 0 aliphatic heterocycles. The molecule has 28 heavy (non-hydrogen) atoms. The van der Waals surface area contributed by atoms with Gasteiger partial charge in [0.05, 0.1) is 0 Å². The number of hydrogen-bond acceptors (Lipinski definition) is 2. The highest BCUT2D eigenvalue weighted by molar-refractivity contribution is 5.96. The molecule has 1 amide bonds. The van der Waals surface area contributed by atoms with Gasteiger partial charge in [-0.25, -0.2) is 13.8 Å². The van der Waals surface area contributed by atoms with Gasteiger partial charge in [0.25, 0.3) is 0 Å². The Kier molecular flexibility index (Phi) is 5.94. The van der Waals surface area contributed by atoms with E-state index in [1.54, 1.807) is 0 Å². The van der Waals surface area contributed by atoms with Gasteiger partial charge in [-0.05, 0) is 19.1 Å². The lowest BCUT2D eigenvalue weighted by molar-refractivity contribution is -0.406. The van der Waals surface area contributed by atoms with Crippen molar-refractivity contribution in [3.8, 4) is 0 Å². The van der Waals surface area contributed by atoms with E-state index in [4.69, 9.17) is 0 Å². The highest BCUT2D eigenvalue weighted by Gasteiger charge is 2.89. The van der Waals surface area contributed by atoms with Crippen LogP contribution in [0.15, 0.2) is 18.2 Å². The van der Waals surface area contributed by atoms with Crippen LogP contribution < -0.4 is 5.32 Å². The summed E-state index contributed by atoms with van der Waals surface area (Å²) in [6, 6.07) is 2.99. The summed E-state index contributed by atoms with van der Waals surface area (Å²) >= 11 is 0. The van der Waals surface area contributed by atoms with Crippen LogP contribution in [0.1, 0.15) is 5.69 Å². The molecule has 160 valence electrons. The Morgan fingerprint density at radius 2 is 1.39 bits per heavy atom. The quantitative estimate of drug-likeness (QED) is 0.626. The van der Waals surface area contributed by atoms with Crippen molar-refractivity contribution >= 4 is 11.7 Å². The van der Waals surface area contributed by atoms with Crippen LogP contribution in [0.4, 0.5) is 58.5 Å².